The van der Waals surface area contributed by atoms with Gasteiger partial charge in [0.15, 0.2) is 0 Å². The fraction of sp³-hybridized carbons (Fsp3) is 0.500. The molecule has 0 aromatic carbocycles. The van der Waals surface area contributed by atoms with Crippen molar-refractivity contribution in [2.24, 2.45) is 5.92 Å². The first kappa shape index (κ1) is 13.3. The monoisotopic (exact) mass is 259 g/mol. The third-order valence-electron chi connectivity index (χ3n) is 3.31. The van der Waals surface area contributed by atoms with Gasteiger partial charge in [0, 0.05) is 19.3 Å². The number of anilines is 1. The predicted octanol–water partition coefficient (Wildman–Crippen LogP) is 1.73. The quantitative estimate of drug-likeness (QED) is 0.773. The first-order chi connectivity index (χ1) is 9.24. The number of esters is 1. The minimum Gasteiger partial charge on any atom is -0.466 e. The van der Waals surface area contributed by atoms with Gasteiger partial charge in [-0.2, -0.15) is 5.26 Å². The summed E-state index contributed by atoms with van der Waals surface area (Å²) >= 11 is 0. The summed E-state index contributed by atoms with van der Waals surface area (Å²) in [6, 6.07) is 5.58. The van der Waals surface area contributed by atoms with Crippen molar-refractivity contribution in [3.63, 3.8) is 0 Å². The molecule has 1 saturated heterocycles. The molecule has 2 heterocycles. The van der Waals surface area contributed by atoms with Gasteiger partial charge in [0.2, 0.25) is 0 Å². The Hall–Kier alpha value is -2.09. The summed E-state index contributed by atoms with van der Waals surface area (Å²) in [5.74, 6) is 0.706. The number of ether oxygens (including phenoxy) is 1. The van der Waals surface area contributed by atoms with Crippen LogP contribution in [0, 0.1) is 17.2 Å². The normalized spacial score (nSPS) is 15.9. The highest BCUT2D eigenvalue weighted by Gasteiger charge is 2.26. The maximum Gasteiger partial charge on any atom is 0.309 e. The van der Waals surface area contributed by atoms with Gasteiger partial charge in [0.25, 0.3) is 0 Å². The van der Waals surface area contributed by atoms with E-state index in [2.05, 4.69) is 16.0 Å². The first-order valence-electron chi connectivity index (χ1n) is 6.52. The van der Waals surface area contributed by atoms with Crippen molar-refractivity contribution >= 4 is 11.8 Å². The average molecular weight is 259 g/mol. The van der Waals surface area contributed by atoms with E-state index in [0.717, 1.165) is 31.7 Å². The molecule has 0 N–H and O–H groups in total. The van der Waals surface area contributed by atoms with E-state index in [9.17, 15) is 4.79 Å². The molecule has 1 aliphatic heterocycles. The van der Waals surface area contributed by atoms with Crippen molar-refractivity contribution < 1.29 is 9.53 Å². The molecule has 0 atom stereocenters. The van der Waals surface area contributed by atoms with Crippen LogP contribution in [0.1, 0.15) is 25.3 Å². The Kier molecular flexibility index (Phi) is 4.35. The minimum absolute atomic E-state index is 0.00431. The Morgan fingerprint density at radius 2 is 2.32 bits per heavy atom. The smallest absolute Gasteiger partial charge is 0.309 e. The summed E-state index contributed by atoms with van der Waals surface area (Å²) in [6.45, 7) is 3.80. The zero-order valence-corrected chi connectivity index (χ0v) is 11.0. The highest BCUT2D eigenvalue weighted by atomic mass is 16.5. The van der Waals surface area contributed by atoms with E-state index in [4.69, 9.17) is 10.00 Å². The first-order valence-corrected chi connectivity index (χ1v) is 6.52. The lowest BCUT2D eigenvalue weighted by Crippen LogP contribution is -2.37. The number of aromatic nitrogens is 1. The molecule has 19 heavy (non-hydrogen) atoms. The lowest BCUT2D eigenvalue weighted by molar-refractivity contribution is -0.148. The molecule has 0 bridgehead atoms. The Morgan fingerprint density at radius 3 is 2.95 bits per heavy atom. The third kappa shape index (κ3) is 3.22. The molecule has 1 aliphatic rings. The van der Waals surface area contributed by atoms with Crippen LogP contribution >= 0.6 is 0 Å². The Morgan fingerprint density at radius 1 is 1.58 bits per heavy atom. The zero-order valence-electron chi connectivity index (χ0n) is 11.0. The number of hydrogen-bond acceptors (Lipinski definition) is 5. The molecular weight excluding hydrogens is 242 g/mol. The number of rotatable bonds is 3. The molecule has 1 aromatic rings. The number of hydrogen-bond donors (Lipinski definition) is 0. The van der Waals surface area contributed by atoms with Crippen LogP contribution < -0.4 is 4.90 Å². The Bertz CT molecular complexity index is 488. The molecule has 0 radical (unpaired) electrons. The summed E-state index contributed by atoms with van der Waals surface area (Å²) in [5.41, 5.74) is 0.609. The van der Waals surface area contributed by atoms with E-state index in [1.54, 1.807) is 18.3 Å². The van der Waals surface area contributed by atoms with Crippen LogP contribution in [0.3, 0.4) is 0 Å². The topological polar surface area (TPSA) is 66.2 Å². The highest BCUT2D eigenvalue weighted by molar-refractivity contribution is 5.72. The van der Waals surface area contributed by atoms with E-state index >= 15 is 0 Å². The second-order valence-electron chi connectivity index (χ2n) is 4.53. The molecule has 0 amide bonds. The van der Waals surface area contributed by atoms with E-state index in [1.165, 1.54) is 0 Å². The van der Waals surface area contributed by atoms with Crippen molar-refractivity contribution in [3.05, 3.63) is 23.9 Å². The standard InChI is InChI=1S/C14H17N3O2/c1-2-19-14(18)12-4-7-17(8-5-12)13-9-11(10-15)3-6-16-13/h3,6,9,12H,2,4-5,7-8H2,1H3. The van der Waals surface area contributed by atoms with Crippen molar-refractivity contribution in [3.8, 4) is 6.07 Å². The van der Waals surface area contributed by atoms with Crippen LogP contribution in [0.5, 0.6) is 0 Å². The molecule has 0 saturated carbocycles. The van der Waals surface area contributed by atoms with E-state index < -0.39 is 0 Å². The van der Waals surface area contributed by atoms with Gasteiger partial charge in [-0.05, 0) is 31.9 Å². The lowest BCUT2D eigenvalue weighted by atomic mass is 9.97. The average Bonchev–Trinajstić information content (AvgIpc) is 2.48. The highest BCUT2D eigenvalue weighted by Crippen LogP contribution is 2.23. The van der Waals surface area contributed by atoms with Crippen LogP contribution in [0.2, 0.25) is 0 Å². The molecule has 2 rings (SSSR count). The largest absolute Gasteiger partial charge is 0.466 e. The van der Waals surface area contributed by atoms with Crippen molar-refractivity contribution in [2.75, 3.05) is 24.6 Å². The Labute approximate surface area is 112 Å². The fourth-order valence-corrected chi connectivity index (χ4v) is 2.27. The van der Waals surface area contributed by atoms with E-state index in [0.29, 0.717) is 12.2 Å². The maximum atomic E-state index is 11.6. The second kappa shape index (κ2) is 6.19. The van der Waals surface area contributed by atoms with Gasteiger partial charge in [-0.25, -0.2) is 4.98 Å². The molecule has 5 heteroatoms. The Balaban J connectivity index is 1.96. The summed E-state index contributed by atoms with van der Waals surface area (Å²) in [5, 5.41) is 8.88. The number of carbonyl (C=O) groups is 1. The molecule has 0 unspecified atom stereocenters. The van der Waals surface area contributed by atoms with E-state index in [-0.39, 0.29) is 11.9 Å². The van der Waals surface area contributed by atoms with Crippen LogP contribution in [0.25, 0.3) is 0 Å². The SMILES string of the molecule is CCOC(=O)C1CCN(c2cc(C#N)ccn2)CC1. The zero-order chi connectivity index (χ0) is 13.7. The number of piperidine rings is 1. The number of nitrogens with zero attached hydrogens (tertiary/aromatic N) is 3. The molecule has 5 nitrogen and oxygen atoms in total. The van der Waals surface area contributed by atoms with Gasteiger partial charge in [-0.1, -0.05) is 0 Å². The summed E-state index contributed by atoms with van der Waals surface area (Å²) in [7, 11) is 0. The van der Waals surface area contributed by atoms with E-state index in [1.807, 2.05) is 6.92 Å². The van der Waals surface area contributed by atoms with Crippen LogP contribution in [0.4, 0.5) is 5.82 Å². The van der Waals surface area contributed by atoms with Crippen molar-refractivity contribution in [2.45, 2.75) is 19.8 Å². The van der Waals surface area contributed by atoms with Crippen molar-refractivity contribution in [1.29, 1.82) is 5.26 Å². The molecule has 0 spiro atoms. The number of nitriles is 1. The molecule has 1 aromatic heterocycles. The maximum absolute atomic E-state index is 11.6. The summed E-state index contributed by atoms with van der Waals surface area (Å²) < 4.78 is 5.04. The van der Waals surface area contributed by atoms with Gasteiger partial charge in [-0.3, -0.25) is 4.79 Å². The summed E-state index contributed by atoms with van der Waals surface area (Å²) in [4.78, 5) is 18.0. The van der Waals surface area contributed by atoms with Gasteiger partial charge in [0.1, 0.15) is 5.82 Å². The van der Waals surface area contributed by atoms with Gasteiger partial charge in [-0.15, -0.1) is 0 Å². The van der Waals surface area contributed by atoms with Crippen LogP contribution in [-0.4, -0.2) is 30.6 Å². The number of carbonyl (C=O) groups excluding carboxylic acids is 1. The van der Waals surface area contributed by atoms with Gasteiger partial charge >= 0.3 is 5.97 Å². The lowest BCUT2D eigenvalue weighted by Gasteiger charge is -2.31. The van der Waals surface area contributed by atoms with Gasteiger partial charge in [0.05, 0.1) is 24.2 Å². The molecule has 0 aliphatic carbocycles. The fourth-order valence-electron chi connectivity index (χ4n) is 2.27. The third-order valence-corrected chi connectivity index (χ3v) is 3.31. The second-order valence-corrected chi connectivity index (χ2v) is 4.53. The minimum atomic E-state index is -0.0964. The van der Waals surface area contributed by atoms with Crippen LogP contribution in [0.15, 0.2) is 18.3 Å². The van der Waals surface area contributed by atoms with Crippen molar-refractivity contribution in [1.82, 2.24) is 4.98 Å². The molecular formula is C14H17N3O2. The molecule has 100 valence electrons. The summed E-state index contributed by atoms with van der Waals surface area (Å²) in [6.07, 6.45) is 3.19. The van der Waals surface area contributed by atoms with Crippen LogP contribution in [-0.2, 0) is 9.53 Å². The molecule has 1 fully saturated rings. The predicted molar refractivity (Wildman–Crippen MR) is 70.5 cm³/mol. The van der Waals surface area contributed by atoms with Gasteiger partial charge < -0.3 is 9.64 Å². The number of pyridine rings is 1.